The van der Waals surface area contributed by atoms with Crippen molar-refractivity contribution >= 4 is 17.6 Å². The molecule has 2 rings (SSSR count). The number of anilines is 1. The Morgan fingerprint density at radius 3 is 2.65 bits per heavy atom. The first-order chi connectivity index (χ1) is 11.1. The van der Waals surface area contributed by atoms with E-state index in [1.165, 1.54) is 12.8 Å². The second-order valence-corrected chi connectivity index (χ2v) is 5.73. The number of rotatable bonds is 7. The van der Waals surface area contributed by atoms with E-state index >= 15 is 0 Å². The van der Waals surface area contributed by atoms with Gasteiger partial charge in [0.2, 0.25) is 0 Å². The summed E-state index contributed by atoms with van der Waals surface area (Å²) in [5.41, 5.74) is 1.00. The number of ether oxygens (including phenoxy) is 2. The Hall–Kier alpha value is -1.88. The summed E-state index contributed by atoms with van der Waals surface area (Å²) >= 11 is 0. The predicted octanol–water partition coefficient (Wildman–Crippen LogP) is 3.54. The van der Waals surface area contributed by atoms with E-state index in [-0.39, 0.29) is 12.0 Å². The van der Waals surface area contributed by atoms with Crippen molar-refractivity contribution in [3.05, 3.63) is 29.8 Å². The van der Waals surface area contributed by atoms with Crippen LogP contribution in [0.5, 0.6) is 0 Å². The van der Waals surface area contributed by atoms with E-state index < -0.39 is 12.1 Å². The molecule has 0 saturated heterocycles. The number of hydrogen-bond donors (Lipinski definition) is 1. The maximum Gasteiger partial charge on any atom is 0.338 e. The van der Waals surface area contributed by atoms with Crippen molar-refractivity contribution in [2.45, 2.75) is 58.2 Å². The number of nitrogens with one attached hydrogen (secondary N) is 1. The molecule has 0 aromatic heterocycles. The normalized spacial score (nSPS) is 16.1. The van der Waals surface area contributed by atoms with Crippen molar-refractivity contribution < 1.29 is 19.1 Å². The van der Waals surface area contributed by atoms with Gasteiger partial charge in [-0.05, 0) is 44.4 Å². The first kappa shape index (κ1) is 17.5. The van der Waals surface area contributed by atoms with E-state index in [9.17, 15) is 9.59 Å². The zero-order valence-corrected chi connectivity index (χ0v) is 13.8. The van der Waals surface area contributed by atoms with Crippen molar-refractivity contribution in [3.63, 3.8) is 0 Å². The quantitative estimate of drug-likeness (QED) is 0.781. The SMILES string of the molecule is CCOC(=O)c1cccc(NC(=O)C(CC)OC2CCCC2)c1. The lowest BCUT2D eigenvalue weighted by Crippen LogP contribution is -2.32. The summed E-state index contributed by atoms with van der Waals surface area (Å²) < 4.78 is 10.9. The molecule has 1 aromatic rings. The molecule has 23 heavy (non-hydrogen) atoms. The van der Waals surface area contributed by atoms with Gasteiger partial charge in [0.15, 0.2) is 0 Å². The molecule has 1 fully saturated rings. The molecule has 5 nitrogen and oxygen atoms in total. The number of hydrogen-bond acceptors (Lipinski definition) is 4. The molecule has 0 heterocycles. The van der Waals surface area contributed by atoms with Crippen LogP contribution in [0, 0.1) is 0 Å². The second-order valence-electron chi connectivity index (χ2n) is 5.73. The van der Waals surface area contributed by atoms with Gasteiger partial charge in [-0.3, -0.25) is 4.79 Å². The molecule has 1 amide bonds. The Kier molecular flexibility index (Phi) is 6.59. The third-order valence-electron chi connectivity index (χ3n) is 3.96. The smallest absolute Gasteiger partial charge is 0.338 e. The molecule has 1 saturated carbocycles. The van der Waals surface area contributed by atoms with Crippen LogP contribution in [0.25, 0.3) is 0 Å². The van der Waals surface area contributed by atoms with Crippen molar-refractivity contribution in [1.82, 2.24) is 0 Å². The van der Waals surface area contributed by atoms with E-state index in [4.69, 9.17) is 9.47 Å². The monoisotopic (exact) mass is 319 g/mol. The highest BCUT2D eigenvalue weighted by Gasteiger charge is 2.24. The third kappa shape index (κ3) is 5.06. The van der Waals surface area contributed by atoms with Gasteiger partial charge in [0, 0.05) is 5.69 Å². The van der Waals surface area contributed by atoms with Gasteiger partial charge in [-0.15, -0.1) is 0 Å². The minimum Gasteiger partial charge on any atom is -0.462 e. The maximum atomic E-state index is 12.4. The van der Waals surface area contributed by atoms with E-state index in [1.807, 2.05) is 6.92 Å². The van der Waals surface area contributed by atoms with Gasteiger partial charge in [0.05, 0.1) is 18.3 Å². The lowest BCUT2D eigenvalue weighted by Gasteiger charge is -2.20. The zero-order chi connectivity index (χ0) is 16.7. The molecule has 0 radical (unpaired) electrons. The van der Waals surface area contributed by atoms with Crippen LogP contribution in [0.4, 0.5) is 5.69 Å². The molecular weight excluding hydrogens is 294 g/mol. The lowest BCUT2D eigenvalue weighted by atomic mass is 10.2. The molecule has 1 atom stereocenters. The number of carbonyl (C=O) groups excluding carboxylic acids is 2. The van der Waals surface area contributed by atoms with Crippen LogP contribution in [0.3, 0.4) is 0 Å². The summed E-state index contributed by atoms with van der Waals surface area (Å²) in [4.78, 5) is 24.1. The van der Waals surface area contributed by atoms with E-state index in [2.05, 4.69) is 5.32 Å². The average Bonchev–Trinajstić information content (AvgIpc) is 3.06. The van der Waals surface area contributed by atoms with Crippen molar-refractivity contribution in [2.75, 3.05) is 11.9 Å². The highest BCUT2D eigenvalue weighted by Crippen LogP contribution is 2.23. The fraction of sp³-hybridized carbons (Fsp3) is 0.556. The molecule has 126 valence electrons. The summed E-state index contributed by atoms with van der Waals surface area (Å²) in [6, 6.07) is 6.77. The van der Waals surface area contributed by atoms with Gasteiger partial charge < -0.3 is 14.8 Å². The van der Waals surface area contributed by atoms with Crippen LogP contribution < -0.4 is 5.32 Å². The summed E-state index contributed by atoms with van der Waals surface area (Å²) in [5, 5.41) is 2.83. The first-order valence-electron chi connectivity index (χ1n) is 8.37. The predicted molar refractivity (Wildman–Crippen MR) is 88.4 cm³/mol. The van der Waals surface area contributed by atoms with Crippen LogP contribution in [-0.4, -0.2) is 30.7 Å². The van der Waals surface area contributed by atoms with Crippen LogP contribution >= 0.6 is 0 Å². The molecule has 0 spiro atoms. The standard InChI is InChI=1S/C18H25NO4/c1-3-16(23-15-10-5-6-11-15)17(20)19-14-9-7-8-13(12-14)18(21)22-4-2/h7-9,12,15-16H,3-6,10-11H2,1-2H3,(H,19,20). The van der Waals surface area contributed by atoms with Gasteiger partial charge in [0.25, 0.3) is 5.91 Å². The first-order valence-corrected chi connectivity index (χ1v) is 8.37. The van der Waals surface area contributed by atoms with Crippen LogP contribution in [-0.2, 0) is 14.3 Å². The molecule has 1 N–H and O–H groups in total. The second kappa shape index (κ2) is 8.67. The van der Waals surface area contributed by atoms with Crippen molar-refractivity contribution in [2.24, 2.45) is 0 Å². The van der Waals surface area contributed by atoms with Crippen LogP contribution in [0.2, 0.25) is 0 Å². The Bertz CT molecular complexity index is 538. The van der Waals surface area contributed by atoms with Crippen molar-refractivity contribution in [3.8, 4) is 0 Å². The van der Waals surface area contributed by atoms with E-state index in [0.29, 0.717) is 24.3 Å². The highest BCUT2D eigenvalue weighted by atomic mass is 16.5. The summed E-state index contributed by atoms with van der Waals surface area (Å²) in [6.45, 7) is 4.02. The topological polar surface area (TPSA) is 64.6 Å². The molecule has 1 aliphatic carbocycles. The Labute approximate surface area is 137 Å². The Morgan fingerprint density at radius 1 is 1.26 bits per heavy atom. The van der Waals surface area contributed by atoms with E-state index in [0.717, 1.165) is 12.8 Å². The highest BCUT2D eigenvalue weighted by molar-refractivity contribution is 5.96. The number of esters is 1. The summed E-state index contributed by atoms with van der Waals surface area (Å²) in [6.07, 6.45) is 4.76. The Morgan fingerprint density at radius 2 is 2.00 bits per heavy atom. The fourth-order valence-electron chi connectivity index (χ4n) is 2.76. The fourth-order valence-corrected chi connectivity index (χ4v) is 2.76. The molecule has 1 aromatic carbocycles. The average molecular weight is 319 g/mol. The molecular formula is C18H25NO4. The molecule has 1 unspecified atom stereocenters. The minimum absolute atomic E-state index is 0.166. The minimum atomic E-state index is -0.454. The maximum absolute atomic E-state index is 12.4. The van der Waals surface area contributed by atoms with Crippen molar-refractivity contribution in [1.29, 1.82) is 0 Å². The molecule has 0 bridgehead atoms. The van der Waals surface area contributed by atoms with Gasteiger partial charge in [-0.25, -0.2) is 4.79 Å². The van der Waals surface area contributed by atoms with Crippen LogP contribution in [0.1, 0.15) is 56.3 Å². The third-order valence-corrected chi connectivity index (χ3v) is 3.96. The summed E-state index contributed by atoms with van der Waals surface area (Å²) in [5.74, 6) is -0.557. The van der Waals surface area contributed by atoms with E-state index in [1.54, 1.807) is 31.2 Å². The number of carbonyl (C=O) groups is 2. The molecule has 5 heteroatoms. The summed E-state index contributed by atoms with van der Waals surface area (Å²) in [7, 11) is 0. The van der Waals surface area contributed by atoms with Gasteiger partial charge in [-0.1, -0.05) is 25.8 Å². The van der Waals surface area contributed by atoms with Gasteiger partial charge in [0.1, 0.15) is 6.10 Å². The van der Waals surface area contributed by atoms with Gasteiger partial charge in [-0.2, -0.15) is 0 Å². The molecule has 0 aliphatic heterocycles. The van der Waals surface area contributed by atoms with Gasteiger partial charge >= 0.3 is 5.97 Å². The number of amides is 1. The largest absolute Gasteiger partial charge is 0.462 e. The zero-order valence-electron chi connectivity index (χ0n) is 13.8. The lowest BCUT2D eigenvalue weighted by molar-refractivity contribution is -0.131. The Balaban J connectivity index is 1.97. The van der Waals surface area contributed by atoms with Crippen LogP contribution in [0.15, 0.2) is 24.3 Å². The molecule has 1 aliphatic rings. The number of benzene rings is 1.